The van der Waals surface area contributed by atoms with Crippen molar-refractivity contribution in [3.05, 3.63) is 103 Å². The summed E-state index contributed by atoms with van der Waals surface area (Å²) in [5, 5.41) is 2.66. The van der Waals surface area contributed by atoms with E-state index in [4.69, 9.17) is 23.2 Å². The van der Waals surface area contributed by atoms with Gasteiger partial charge in [-0.1, -0.05) is 35.3 Å². The first-order chi connectivity index (χ1) is 19.9. The monoisotopic (exact) mass is 669 g/mol. The molecule has 1 N–H and O–H groups in total. The summed E-state index contributed by atoms with van der Waals surface area (Å²) in [5.41, 5.74) is 2.95. The lowest BCUT2D eigenvalue weighted by atomic mass is 10.0. The number of hydrogen-bond donors (Lipinski definition) is 1. The standard InChI is InChI=1S/C30H26BrCl2N5O4/c1-17-28(31)38-15-5-6-20(29(38)35-17)27(41)25-21(32)12-13-22(26(25)33)37(4)24(40)16-34-23(39)14-9-18-7-10-19(11-8-18)30(42)36(2)3/h5-15H,16H2,1-4H3,(H,34,39). The Bertz CT molecular complexity index is 1750. The van der Waals surface area contributed by atoms with Crippen LogP contribution in [0, 0.1) is 6.92 Å². The van der Waals surface area contributed by atoms with Crippen LogP contribution in [-0.2, 0) is 9.59 Å². The molecule has 0 aliphatic heterocycles. The van der Waals surface area contributed by atoms with Gasteiger partial charge in [0.1, 0.15) is 10.3 Å². The Morgan fingerprint density at radius 1 is 1.02 bits per heavy atom. The second kappa shape index (κ2) is 12.9. The molecule has 0 fully saturated rings. The van der Waals surface area contributed by atoms with E-state index in [1.54, 1.807) is 67.2 Å². The van der Waals surface area contributed by atoms with Gasteiger partial charge in [0.15, 0.2) is 5.78 Å². The number of nitrogens with zero attached hydrogens (tertiary/aromatic N) is 4. The molecule has 0 aliphatic carbocycles. The van der Waals surface area contributed by atoms with Crippen LogP contribution >= 0.6 is 39.1 Å². The number of nitrogens with one attached hydrogen (secondary N) is 1. The maximum Gasteiger partial charge on any atom is 0.253 e. The fourth-order valence-corrected chi connectivity index (χ4v) is 5.16. The molecule has 2 aromatic heterocycles. The third-order valence-corrected chi connectivity index (χ3v) is 8.09. The summed E-state index contributed by atoms with van der Waals surface area (Å²) in [5.74, 6) is -1.53. The number of fused-ring (bicyclic) bond motifs is 1. The summed E-state index contributed by atoms with van der Waals surface area (Å²) >= 11 is 16.5. The maximum absolute atomic E-state index is 13.6. The number of imidazole rings is 1. The van der Waals surface area contributed by atoms with E-state index in [9.17, 15) is 19.2 Å². The highest BCUT2D eigenvalue weighted by atomic mass is 79.9. The van der Waals surface area contributed by atoms with Crippen LogP contribution in [0.4, 0.5) is 5.69 Å². The van der Waals surface area contributed by atoms with Gasteiger partial charge in [-0.15, -0.1) is 0 Å². The Kier molecular flexibility index (Phi) is 9.50. The quantitative estimate of drug-likeness (QED) is 0.199. The van der Waals surface area contributed by atoms with E-state index in [1.807, 2.05) is 6.92 Å². The highest BCUT2D eigenvalue weighted by Gasteiger charge is 2.25. The normalized spacial score (nSPS) is 11.1. The molecule has 3 amide bonds. The molecule has 2 heterocycles. The van der Waals surface area contributed by atoms with E-state index in [0.717, 1.165) is 4.60 Å². The molecule has 0 aliphatic rings. The predicted octanol–water partition coefficient (Wildman–Crippen LogP) is 5.44. The molecule has 0 unspecified atom stereocenters. The number of hydrogen-bond acceptors (Lipinski definition) is 5. The number of anilines is 1. The zero-order valence-corrected chi connectivity index (χ0v) is 26.2. The molecule has 0 bridgehead atoms. The Morgan fingerprint density at radius 3 is 2.38 bits per heavy atom. The highest BCUT2D eigenvalue weighted by Crippen LogP contribution is 2.36. The van der Waals surface area contributed by atoms with Crippen molar-refractivity contribution < 1.29 is 19.2 Å². The number of likely N-dealkylation sites (N-methyl/N-ethyl adjacent to an activating group) is 1. The highest BCUT2D eigenvalue weighted by molar-refractivity contribution is 9.10. The molecule has 2 aromatic carbocycles. The Labute approximate surface area is 260 Å². The fraction of sp³-hybridized carbons (Fsp3) is 0.167. The van der Waals surface area contributed by atoms with Gasteiger partial charge < -0.3 is 15.1 Å². The van der Waals surface area contributed by atoms with Crippen molar-refractivity contribution in [2.75, 3.05) is 32.6 Å². The third kappa shape index (κ3) is 6.41. The summed E-state index contributed by atoms with van der Waals surface area (Å²) in [7, 11) is 4.82. The fourth-order valence-electron chi connectivity index (χ4n) is 4.11. The van der Waals surface area contributed by atoms with Gasteiger partial charge in [-0.25, -0.2) is 4.98 Å². The molecule has 9 nitrogen and oxygen atoms in total. The number of aromatic nitrogens is 2. The topological polar surface area (TPSA) is 104 Å². The van der Waals surface area contributed by atoms with Crippen LogP contribution in [-0.4, -0.2) is 65.5 Å². The number of halogens is 3. The van der Waals surface area contributed by atoms with Crippen LogP contribution in [0.2, 0.25) is 10.0 Å². The Morgan fingerprint density at radius 2 is 1.71 bits per heavy atom. The van der Waals surface area contributed by atoms with Crippen molar-refractivity contribution in [1.29, 1.82) is 0 Å². The lowest BCUT2D eigenvalue weighted by molar-refractivity contribution is -0.122. The van der Waals surface area contributed by atoms with Gasteiger partial charge in [-0.05, 0) is 70.9 Å². The van der Waals surface area contributed by atoms with Crippen LogP contribution in [0.25, 0.3) is 11.7 Å². The van der Waals surface area contributed by atoms with Gasteiger partial charge in [-0.2, -0.15) is 0 Å². The van der Waals surface area contributed by atoms with Gasteiger partial charge in [0, 0.05) is 39.0 Å². The minimum absolute atomic E-state index is 0.00452. The minimum atomic E-state index is -0.488. The molecule has 0 atom stereocenters. The maximum atomic E-state index is 13.6. The molecule has 42 heavy (non-hydrogen) atoms. The van der Waals surface area contributed by atoms with E-state index in [2.05, 4.69) is 26.2 Å². The molecule has 0 radical (unpaired) electrons. The van der Waals surface area contributed by atoms with Crippen LogP contribution < -0.4 is 10.2 Å². The second-order valence-electron chi connectivity index (χ2n) is 9.51. The number of carbonyl (C=O) groups is 4. The Hall–Kier alpha value is -3.99. The van der Waals surface area contributed by atoms with Gasteiger partial charge in [0.2, 0.25) is 11.8 Å². The first-order valence-electron chi connectivity index (χ1n) is 12.6. The summed E-state index contributed by atoms with van der Waals surface area (Å²) in [4.78, 5) is 58.1. The molecule has 216 valence electrons. The van der Waals surface area contributed by atoms with Crippen molar-refractivity contribution in [2.24, 2.45) is 0 Å². The molecular formula is C30H26BrCl2N5O4. The van der Waals surface area contributed by atoms with Gasteiger partial charge in [0.25, 0.3) is 5.91 Å². The number of aryl methyl sites for hydroxylation is 1. The van der Waals surface area contributed by atoms with Crippen LogP contribution in [0.1, 0.15) is 37.5 Å². The largest absolute Gasteiger partial charge is 0.345 e. The first-order valence-corrected chi connectivity index (χ1v) is 14.2. The van der Waals surface area contributed by atoms with Crippen molar-refractivity contribution >= 4 is 80.0 Å². The van der Waals surface area contributed by atoms with Crippen molar-refractivity contribution in [3.63, 3.8) is 0 Å². The predicted molar refractivity (Wildman–Crippen MR) is 167 cm³/mol. The number of rotatable bonds is 8. The summed E-state index contributed by atoms with van der Waals surface area (Å²) in [6.45, 7) is 1.49. The SMILES string of the molecule is Cc1nc2c(C(=O)c3c(Cl)ccc(N(C)C(=O)CNC(=O)C=Cc4ccc(C(=O)N(C)C)cc4)c3Cl)cccn2c1Br. The van der Waals surface area contributed by atoms with Gasteiger partial charge in [-0.3, -0.25) is 23.6 Å². The van der Waals surface area contributed by atoms with Crippen LogP contribution in [0.5, 0.6) is 0 Å². The average molecular weight is 671 g/mol. The number of pyridine rings is 1. The summed E-state index contributed by atoms with van der Waals surface area (Å²) < 4.78 is 2.46. The smallest absolute Gasteiger partial charge is 0.253 e. The van der Waals surface area contributed by atoms with Crippen LogP contribution in [0.3, 0.4) is 0 Å². The average Bonchev–Trinajstić information content (AvgIpc) is 3.27. The first kappa shape index (κ1) is 31.0. The van der Waals surface area contributed by atoms with Crippen molar-refractivity contribution in [2.45, 2.75) is 6.92 Å². The molecule has 4 aromatic rings. The molecule has 12 heteroatoms. The summed E-state index contributed by atoms with van der Waals surface area (Å²) in [6, 6.07) is 13.1. The minimum Gasteiger partial charge on any atom is -0.345 e. The van der Waals surface area contributed by atoms with E-state index in [-0.39, 0.29) is 33.7 Å². The zero-order valence-electron chi connectivity index (χ0n) is 23.1. The number of amides is 3. The van der Waals surface area contributed by atoms with E-state index >= 15 is 0 Å². The lowest BCUT2D eigenvalue weighted by Gasteiger charge is -2.21. The van der Waals surface area contributed by atoms with E-state index in [0.29, 0.717) is 28.0 Å². The third-order valence-electron chi connectivity index (χ3n) is 6.43. The summed E-state index contributed by atoms with van der Waals surface area (Å²) in [6.07, 6.45) is 4.64. The molecule has 0 saturated heterocycles. The van der Waals surface area contributed by atoms with Gasteiger partial charge in [0.05, 0.1) is 39.1 Å². The van der Waals surface area contributed by atoms with Crippen molar-refractivity contribution in [1.82, 2.24) is 19.6 Å². The van der Waals surface area contributed by atoms with E-state index in [1.165, 1.54) is 35.1 Å². The van der Waals surface area contributed by atoms with Crippen LogP contribution in [0.15, 0.2) is 65.4 Å². The molecule has 0 saturated carbocycles. The van der Waals surface area contributed by atoms with Gasteiger partial charge >= 0.3 is 0 Å². The second-order valence-corrected chi connectivity index (χ2v) is 11.0. The van der Waals surface area contributed by atoms with Crippen molar-refractivity contribution in [3.8, 4) is 0 Å². The Balaban J connectivity index is 1.46. The lowest BCUT2D eigenvalue weighted by Crippen LogP contribution is -2.37. The molecule has 4 rings (SSSR count). The number of benzene rings is 2. The number of ketones is 1. The molecular weight excluding hydrogens is 645 g/mol. The zero-order chi connectivity index (χ0) is 30.7. The van der Waals surface area contributed by atoms with E-state index < -0.39 is 17.6 Å². The molecule has 0 spiro atoms. The number of carbonyl (C=O) groups excluding carboxylic acids is 4.